The van der Waals surface area contributed by atoms with E-state index >= 15 is 0 Å². The Morgan fingerprint density at radius 3 is 1.22 bits per heavy atom. The van der Waals surface area contributed by atoms with Crippen LogP contribution in [0.3, 0.4) is 0 Å². The summed E-state index contributed by atoms with van der Waals surface area (Å²) in [5.74, 6) is 4.12. The van der Waals surface area contributed by atoms with Gasteiger partial charge >= 0.3 is 24.1 Å². The van der Waals surface area contributed by atoms with Crippen molar-refractivity contribution in [2.45, 2.75) is 205 Å². The molecule has 0 aliphatic carbocycles. The Morgan fingerprint density at radius 2 is 0.897 bits per heavy atom. The standard InChI is InChI=1S/C16H30N4O3S.C14H25N3O4S.C13H23N3O4S.C10H18N2O3S.C3H9N/c1-11(9-21)17-7-8-20(2)14(22)6-4-3-5-13-15-12(10-24-13)18-16(23)19-15;1-17(7-8-21-20-2)12(18)6-4-3-5-11-13-10(9-22-11)15-14(19)16-13;1-16(6-11(18)19)10(17)5-3-2-4-9-12-8(7-21-9)14-13(20)15-12;13-8(14)4-2-1-3-7-9-6(5-16-7)11-10(15)12-9;1-3-4-2/h11-13,15,17,21H,3-10H2,1-2H3,(H2,18,19,23);10-11,13H,3-9H2,1-2H3,(H2,15,16,19);8-9,11-12,18-19H,2-7H2,1H3,(H2,14,15,20);6-9,13-14H,1-5H2,(H2,11,12,15);4H,3H2,1-2H3. The maximum absolute atomic E-state index is 12.1. The first-order valence-electron chi connectivity index (χ1n) is 31.0. The van der Waals surface area contributed by atoms with Gasteiger partial charge in [0.15, 0.2) is 12.6 Å². The van der Waals surface area contributed by atoms with Crippen molar-refractivity contribution in [2.75, 3.05) is 104 Å². The van der Waals surface area contributed by atoms with Crippen LogP contribution in [0.4, 0.5) is 19.2 Å². The summed E-state index contributed by atoms with van der Waals surface area (Å²) in [6, 6.07) is 1.89. The minimum Gasteiger partial charge on any atom is -0.395 e. The van der Waals surface area contributed by atoms with Gasteiger partial charge in [-0.2, -0.15) is 47.0 Å². The third-order valence-corrected chi connectivity index (χ3v) is 22.3. The van der Waals surface area contributed by atoms with Gasteiger partial charge in [-0.15, -0.1) is 0 Å². The van der Waals surface area contributed by atoms with Gasteiger partial charge in [0.25, 0.3) is 0 Å². The Labute approximate surface area is 531 Å². The van der Waals surface area contributed by atoms with Gasteiger partial charge in [0.1, 0.15) is 0 Å². The van der Waals surface area contributed by atoms with Crippen molar-refractivity contribution >= 4 is 88.9 Å². The van der Waals surface area contributed by atoms with Gasteiger partial charge in [-0.3, -0.25) is 14.4 Å². The van der Waals surface area contributed by atoms with Crippen LogP contribution in [0.15, 0.2) is 0 Å². The van der Waals surface area contributed by atoms with E-state index < -0.39 is 12.6 Å². The van der Waals surface area contributed by atoms with E-state index in [1.54, 1.807) is 23.9 Å². The van der Waals surface area contributed by atoms with Crippen molar-refractivity contribution in [3.63, 3.8) is 0 Å². The highest BCUT2D eigenvalue weighted by Crippen LogP contribution is 2.36. The van der Waals surface area contributed by atoms with Crippen LogP contribution in [0.2, 0.25) is 0 Å². The molecule has 8 saturated heterocycles. The summed E-state index contributed by atoms with van der Waals surface area (Å²) in [5, 5.41) is 75.5. The summed E-state index contributed by atoms with van der Waals surface area (Å²) >= 11 is 7.59. The average Bonchev–Trinajstić information content (AvgIpc) is 1.91. The van der Waals surface area contributed by atoms with E-state index in [2.05, 4.69) is 65.0 Å². The molecule has 0 aromatic carbocycles. The second-order valence-electron chi connectivity index (χ2n) is 23.1. The summed E-state index contributed by atoms with van der Waals surface area (Å²) in [7, 11) is 8.55. The predicted octanol–water partition coefficient (Wildman–Crippen LogP) is 0.619. The van der Waals surface area contributed by atoms with Gasteiger partial charge in [0.2, 0.25) is 17.7 Å². The van der Waals surface area contributed by atoms with E-state index in [0.29, 0.717) is 72.9 Å². The highest BCUT2D eigenvalue weighted by atomic mass is 32.2. The maximum atomic E-state index is 12.1. The SMILES string of the molecule is CC(CO)NCCN(C)C(=O)CCCCC1SCC2NC(=O)NC21.CCNC.CN(CC(O)O)C(=O)CCCCC1SCC2NC(=O)NC21.COOCCN(C)C(=O)CCCCC1SCC2NC(=O)NC21.O=C1NC2CSC(CCCCC(O)O)C2N1. The highest BCUT2D eigenvalue weighted by Gasteiger charge is 2.45. The van der Waals surface area contributed by atoms with E-state index in [0.717, 1.165) is 107 Å². The molecule has 27 nitrogen and oxygen atoms in total. The van der Waals surface area contributed by atoms with Crippen LogP contribution >= 0.6 is 47.0 Å². The topological polar surface area (TPSA) is 369 Å². The lowest BCUT2D eigenvalue weighted by atomic mass is 10.0. The van der Waals surface area contributed by atoms with E-state index in [1.807, 2.05) is 68.1 Å². The minimum absolute atomic E-state index is 0.0452. The number of aliphatic hydroxyl groups is 5. The van der Waals surface area contributed by atoms with Crippen molar-refractivity contribution in [1.82, 2.24) is 67.9 Å². The number of rotatable bonds is 32. The van der Waals surface area contributed by atoms with Gasteiger partial charge in [-0.1, -0.05) is 32.6 Å². The number of hydrogen-bond donors (Lipinski definition) is 15. The predicted molar refractivity (Wildman–Crippen MR) is 342 cm³/mol. The third kappa shape index (κ3) is 27.9. The molecule has 15 N–H and O–H groups in total. The number of nitrogens with zero attached hydrogens (tertiary/aromatic N) is 3. The molecule has 8 fully saturated rings. The quantitative estimate of drug-likeness (QED) is 0.0144. The van der Waals surface area contributed by atoms with E-state index in [4.69, 9.17) is 30.4 Å². The Kier molecular flexibility index (Phi) is 36.5. The summed E-state index contributed by atoms with van der Waals surface area (Å²) in [5.41, 5.74) is 0. The van der Waals surface area contributed by atoms with Crippen molar-refractivity contribution in [2.24, 2.45) is 0 Å². The molecule has 13 unspecified atom stereocenters. The number of aliphatic hydroxyl groups excluding tert-OH is 3. The third-order valence-electron chi connectivity index (χ3n) is 16.3. The van der Waals surface area contributed by atoms with Crippen LogP contribution < -0.4 is 53.2 Å². The molecule has 13 atom stereocenters. The molecule has 0 radical (unpaired) electrons. The lowest BCUT2D eigenvalue weighted by Gasteiger charge is -2.19. The zero-order valence-electron chi connectivity index (χ0n) is 52.1. The van der Waals surface area contributed by atoms with Crippen LogP contribution in [0.1, 0.15) is 117 Å². The van der Waals surface area contributed by atoms with Crippen molar-refractivity contribution in [1.29, 1.82) is 0 Å². The van der Waals surface area contributed by atoms with Gasteiger partial charge < -0.3 is 93.4 Å². The molecule has 0 spiro atoms. The summed E-state index contributed by atoms with van der Waals surface area (Å²) in [6.45, 7) is 7.37. The van der Waals surface area contributed by atoms with Crippen LogP contribution in [0, 0.1) is 0 Å². The molecule has 502 valence electrons. The fourth-order valence-corrected chi connectivity index (χ4v) is 17.3. The maximum Gasteiger partial charge on any atom is 0.315 e. The molecule has 8 aliphatic rings. The zero-order valence-corrected chi connectivity index (χ0v) is 55.4. The monoisotopic (exact) mass is 1310 g/mol. The molecule has 11 amide bonds. The number of unbranched alkanes of at least 4 members (excludes halogenated alkanes) is 4. The number of carbonyl (C=O) groups excluding carboxylic acids is 7. The fraction of sp³-hybridized carbons (Fsp3) is 0.875. The highest BCUT2D eigenvalue weighted by molar-refractivity contribution is 8.01. The normalized spacial score (nSPS) is 27.0. The lowest BCUT2D eigenvalue weighted by Crippen LogP contribution is -2.38. The van der Waals surface area contributed by atoms with Crippen molar-refractivity contribution in [3.05, 3.63) is 0 Å². The van der Waals surface area contributed by atoms with Crippen LogP contribution in [-0.4, -0.2) is 274 Å². The van der Waals surface area contributed by atoms with Crippen molar-refractivity contribution in [3.8, 4) is 0 Å². The molecule has 8 heterocycles. The average molecular weight is 1310 g/mol. The number of hydrogen-bond acceptors (Lipinski definition) is 20. The zero-order chi connectivity index (χ0) is 63.8. The minimum atomic E-state index is -1.48. The van der Waals surface area contributed by atoms with Crippen LogP contribution in [0.5, 0.6) is 0 Å². The van der Waals surface area contributed by atoms with Crippen LogP contribution in [-0.2, 0) is 24.2 Å². The Balaban J connectivity index is 0.000000245. The van der Waals surface area contributed by atoms with E-state index in [1.165, 1.54) is 12.0 Å². The molecule has 87 heavy (non-hydrogen) atoms. The molecule has 31 heteroatoms. The molecule has 0 aromatic heterocycles. The van der Waals surface area contributed by atoms with Gasteiger partial charge in [0.05, 0.1) is 75.2 Å². The lowest BCUT2D eigenvalue weighted by molar-refractivity contribution is -0.272. The Bertz CT molecular complexity index is 2070. The summed E-state index contributed by atoms with van der Waals surface area (Å²) in [4.78, 5) is 94.8. The number of thioether (sulfide) groups is 4. The number of nitrogens with one attached hydrogen (secondary N) is 10. The second kappa shape index (κ2) is 41.8. The second-order valence-corrected chi connectivity index (χ2v) is 28.2. The van der Waals surface area contributed by atoms with Gasteiger partial charge in [-0.25, -0.2) is 29.0 Å². The number of fused-ring (bicyclic) bond motifs is 4. The summed E-state index contributed by atoms with van der Waals surface area (Å²) < 4.78 is 0. The van der Waals surface area contributed by atoms with E-state index in [-0.39, 0.29) is 109 Å². The smallest absolute Gasteiger partial charge is 0.315 e. The largest absolute Gasteiger partial charge is 0.395 e. The Hall–Kier alpha value is -3.47. The molecule has 0 aromatic rings. The molecule has 8 aliphatic heterocycles. The molecular weight excluding hydrogens is 1210 g/mol. The number of urea groups is 4. The molecule has 0 bridgehead atoms. The molecular formula is C56H105N13O14S4. The van der Waals surface area contributed by atoms with Gasteiger partial charge in [0, 0.05) is 110 Å². The number of carbonyl (C=O) groups is 7. The van der Waals surface area contributed by atoms with E-state index in [9.17, 15) is 33.6 Å². The first-order valence-corrected chi connectivity index (χ1v) is 35.2. The Morgan fingerprint density at radius 1 is 0.552 bits per heavy atom. The fourth-order valence-electron chi connectivity index (χ4n) is 11.1. The molecule has 8 rings (SSSR count). The van der Waals surface area contributed by atoms with Crippen LogP contribution in [0.25, 0.3) is 0 Å². The molecule has 0 saturated carbocycles. The number of likely N-dealkylation sites (N-methyl/N-ethyl adjacent to an activating group) is 3. The van der Waals surface area contributed by atoms with Crippen molar-refractivity contribution < 1.29 is 68.9 Å². The first-order chi connectivity index (χ1) is 41.7. The first kappa shape index (κ1) is 76.0. The van der Waals surface area contributed by atoms with Gasteiger partial charge in [-0.05, 0) is 78.3 Å². The number of amides is 11. The summed E-state index contributed by atoms with van der Waals surface area (Å²) in [6.07, 6.45) is 10.7.